The Balaban J connectivity index is 1.54. The van der Waals surface area contributed by atoms with Crippen LogP contribution in [0.4, 0.5) is 5.95 Å². The molecule has 1 N–H and O–H groups in total. The number of amides is 1. The molecule has 0 unspecified atom stereocenters. The molecule has 0 bridgehead atoms. The molecule has 0 aliphatic carbocycles. The number of carbonyl (C=O) groups is 1. The summed E-state index contributed by atoms with van der Waals surface area (Å²) in [6.07, 6.45) is 4.43. The van der Waals surface area contributed by atoms with Gasteiger partial charge in [0.15, 0.2) is 0 Å². The molecule has 1 fully saturated rings. The van der Waals surface area contributed by atoms with Gasteiger partial charge in [-0.2, -0.15) is 0 Å². The van der Waals surface area contributed by atoms with Gasteiger partial charge in [0.25, 0.3) is 0 Å². The Morgan fingerprint density at radius 1 is 1.28 bits per heavy atom. The van der Waals surface area contributed by atoms with Crippen LogP contribution in [0.3, 0.4) is 0 Å². The molecule has 1 amide bonds. The first-order valence-electron chi connectivity index (χ1n) is 8.86. The van der Waals surface area contributed by atoms with E-state index >= 15 is 0 Å². The van der Waals surface area contributed by atoms with Gasteiger partial charge in [-0.3, -0.25) is 9.78 Å². The van der Waals surface area contributed by atoms with Gasteiger partial charge in [-0.25, -0.2) is 9.97 Å². The molecule has 0 spiro atoms. The lowest BCUT2D eigenvalue weighted by atomic mass is 9.97. The maximum Gasteiger partial charge on any atom is 0.225 e. The summed E-state index contributed by atoms with van der Waals surface area (Å²) in [6, 6.07) is 7.81. The molecule has 1 atom stereocenters. The van der Waals surface area contributed by atoms with Crippen LogP contribution in [-0.4, -0.2) is 40.5 Å². The van der Waals surface area contributed by atoms with Gasteiger partial charge in [0.05, 0.1) is 5.92 Å². The first-order valence-corrected chi connectivity index (χ1v) is 8.86. The summed E-state index contributed by atoms with van der Waals surface area (Å²) in [7, 11) is 0. The van der Waals surface area contributed by atoms with Crippen LogP contribution in [0.5, 0.6) is 0 Å². The monoisotopic (exact) mass is 339 g/mol. The van der Waals surface area contributed by atoms with E-state index < -0.39 is 0 Å². The van der Waals surface area contributed by atoms with Gasteiger partial charge in [-0.1, -0.05) is 6.07 Å². The second-order valence-electron chi connectivity index (χ2n) is 6.60. The Kier molecular flexibility index (Phi) is 5.58. The van der Waals surface area contributed by atoms with Crippen molar-refractivity contribution in [2.75, 3.05) is 24.5 Å². The number of anilines is 1. The Morgan fingerprint density at radius 2 is 2.08 bits per heavy atom. The van der Waals surface area contributed by atoms with Gasteiger partial charge < -0.3 is 10.2 Å². The highest BCUT2D eigenvalue weighted by molar-refractivity contribution is 5.79. The van der Waals surface area contributed by atoms with Crippen molar-refractivity contribution in [3.63, 3.8) is 0 Å². The van der Waals surface area contributed by atoms with E-state index in [4.69, 9.17) is 0 Å². The van der Waals surface area contributed by atoms with E-state index in [1.807, 2.05) is 38.1 Å². The van der Waals surface area contributed by atoms with Crippen LogP contribution >= 0.6 is 0 Å². The van der Waals surface area contributed by atoms with Crippen molar-refractivity contribution < 1.29 is 4.79 Å². The minimum atomic E-state index is -0.0121. The fourth-order valence-electron chi connectivity index (χ4n) is 3.23. The summed E-state index contributed by atoms with van der Waals surface area (Å²) < 4.78 is 0. The zero-order valence-corrected chi connectivity index (χ0v) is 14.9. The molecule has 132 valence electrons. The summed E-state index contributed by atoms with van der Waals surface area (Å²) in [6.45, 7) is 6.15. The molecular weight excluding hydrogens is 314 g/mol. The van der Waals surface area contributed by atoms with Crippen LogP contribution in [-0.2, 0) is 11.2 Å². The van der Waals surface area contributed by atoms with Crippen molar-refractivity contribution in [2.24, 2.45) is 5.92 Å². The zero-order valence-electron chi connectivity index (χ0n) is 14.9. The third-order valence-electron chi connectivity index (χ3n) is 4.45. The van der Waals surface area contributed by atoms with Crippen LogP contribution in [0, 0.1) is 19.8 Å². The summed E-state index contributed by atoms with van der Waals surface area (Å²) in [5.41, 5.74) is 2.92. The Morgan fingerprint density at radius 3 is 2.80 bits per heavy atom. The molecule has 2 aromatic heterocycles. The van der Waals surface area contributed by atoms with E-state index in [1.165, 1.54) is 0 Å². The first-order chi connectivity index (χ1) is 12.1. The molecule has 1 aliphatic rings. The zero-order chi connectivity index (χ0) is 17.6. The van der Waals surface area contributed by atoms with Gasteiger partial charge in [-0.05, 0) is 44.9 Å². The highest BCUT2D eigenvalue weighted by Gasteiger charge is 2.27. The number of piperidine rings is 1. The van der Waals surface area contributed by atoms with E-state index in [0.29, 0.717) is 13.1 Å². The predicted molar refractivity (Wildman–Crippen MR) is 97.4 cm³/mol. The molecular formula is C19H25N5O. The molecule has 3 heterocycles. The molecule has 0 radical (unpaired) electrons. The van der Waals surface area contributed by atoms with Crippen molar-refractivity contribution in [1.29, 1.82) is 0 Å². The van der Waals surface area contributed by atoms with Crippen molar-refractivity contribution in [3.05, 3.63) is 47.5 Å². The van der Waals surface area contributed by atoms with Crippen LogP contribution in [0.25, 0.3) is 0 Å². The van der Waals surface area contributed by atoms with Crippen molar-refractivity contribution in [3.8, 4) is 0 Å². The van der Waals surface area contributed by atoms with Crippen LogP contribution in [0.2, 0.25) is 0 Å². The number of aryl methyl sites for hydroxylation is 2. The number of pyridine rings is 1. The van der Waals surface area contributed by atoms with E-state index in [9.17, 15) is 4.79 Å². The standard InChI is InChI=1S/C19H25N5O/c1-14-12-15(2)23-19(22-14)24-11-5-6-16(13-24)18(25)21-10-8-17-7-3-4-9-20-17/h3-4,7,9,12,16H,5-6,8,10-11,13H2,1-2H3,(H,21,25)/t16-/m0/s1. The highest BCUT2D eigenvalue weighted by atomic mass is 16.1. The normalized spacial score (nSPS) is 17.4. The van der Waals surface area contributed by atoms with Gasteiger partial charge in [0.1, 0.15) is 0 Å². The van der Waals surface area contributed by atoms with Crippen molar-refractivity contribution in [1.82, 2.24) is 20.3 Å². The van der Waals surface area contributed by atoms with Crippen LogP contribution in [0.1, 0.15) is 29.9 Å². The molecule has 1 aliphatic heterocycles. The summed E-state index contributed by atoms with van der Waals surface area (Å²) in [5, 5.41) is 3.05. The van der Waals surface area contributed by atoms with Gasteiger partial charge in [0.2, 0.25) is 11.9 Å². The molecule has 2 aromatic rings. The summed E-state index contributed by atoms with van der Waals surface area (Å²) in [4.78, 5) is 28.0. The van der Waals surface area contributed by atoms with E-state index in [0.717, 1.165) is 48.8 Å². The summed E-state index contributed by atoms with van der Waals surface area (Å²) >= 11 is 0. The van der Waals surface area contributed by atoms with Gasteiger partial charge in [-0.15, -0.1) is 0 Å². The second kappa shape index (κ2) is 8.05. The molecule has 3 rings (SSSR count). The molecule has 6 nitrogen and oxygen atoms in total. The number of nitrogens with one attached hydrogen (secondary N) is 1. The van der Waals surface area contributed by atoms with Crippen molar-refractivity contribution in [2.45, 2.75) is 33.1 Å². The summed E-state index contributed by atoms with van der Waals surface area (Å²) in [5.74, 6) is 0.843. The number of nitrogens with zero attached hydrogens (tertiary/aromatic N) is 4. The van der Waals surface area contributed by atoms with Gasteiger partial charge in [0, 0.05) is 49.3 Å². The average Bonchev–Trinajstić information content (AvgIpc) is 2.62. The number of aromatic nitrogens is 3. The topological polar surface area (TPSA) is 71.0 Å². The lowest BCUT2D eigenvalue weighted by Gasteiger charge is -2.32. The quantitative estimate of drug-likeness (QED) is 0.903. The molecule has 6 heteroatoms. The second-order valence-corrected chi connectivity index (χ2v) is 6.60. The molecule has 0 aromatic carbocycles. The third-order valence-corrected chi connectivity index (χ3v) is 4.45. The first kappa shape index (κ1) is 17.3. The van der Waals surface area contributed by atoms with E-state index in [1.54, 1.807) is 6.20 Å². The lowest BCUT2D eigenvalue weighted by Crippen LogP contribution is -2.44. The third kappa shape index (κ3) is 4.75. The Hall–Kier alpha value is -2.50. The van der Waals surface area contributed by atoms with Crippen LogP contribution in [0.15, 0.2) is 30.5 Å². The largest absolute Gasteiger partial charge is 0.355 e. The molecule has 25 heavy (non-hydrogen) atoms. The van der Waals surface area contributed by atoms with E-state index in [2.05, 4.69) is 25.2 Å². The minimum absolute atomic E-state index is 0.0121. The minimum Gasteiger partial charge on any atom is -0.355 e. The van der Waals surface area contributed by atoms with Crippen molar-refractivity contribution >= 4 is 11.9 Å². The number of carbonyl (C=O) groups excluding carboxylic acids is 1. The molecule has 1 saturated heterocycles. The predicted octanol–water partition coefficient (Wildman–Crippen LogP) is 2.06. The lowest BCUT2D eigenvalue weighted by molar-refractivity contribution is -0.125. The number of rotatable bonds is 5. The fourth-order valence-corrected chi connectivity index (χ4v) is 3.23. The number of hydrogen-bond donors (Lipinski definition) is 1. The van der Waals surface area contributed by atoms with Gasteiger partial charge >= 0.3 is 0 Å². The molecule has 0 saturated carbocycles. The highest BCUT2D eigenvalue weighted by Crippen LogP contribution is 2.21. The Bertz CT molecular complexity index is 699. The Labute approximate surface area is 148 Å². The fraction of sp³-hybridized carbons (Fsp3) is 0.474. The maximum absolute atomic E-state index is 12.5. The smallest absolute Gasteiger partial charge is 0.225 e. The average molecular weight is 339 g/mol. The maximum atomic E-state index is 12.5. The van der Waals surface area contributed by atoms with Crippen LogP contribution < -0.4 is 10.2 Å². The number of hydrogen-bond acceptors (Lipinski definition) is 5. The SMILES string of the molecule is Cc1cc(C)nc(N2CCC[C@H](C(=O)NCCc3ccccn3)C2)n1. The van der Waals surface area contributed by atoms with E-state index in [-0.39, 0.29) is 11.8 Å².